The van der Waals surface area contributed by atoms with E-state index in [-0.39, 0.29) is 28.7 Å². The minimum atomic E-state index is -2.94. The van der Waals surface area contributed by atoms with Gasteiger partial charge in [0.1, 0.15) is 0 Å². The van der Waals surface area contributed by atoms with E-state index < -0.39 is 9.84 Å². The molecular formula is C22H38N2O3S. The van der Waals surface area contributed by atoms with Crippen molar-refractivity contribution in [2.75, 3.05) is 31.1 Å². The summed E-state index contributed by atoms with van der Waals surface area (Å²) in [7, 11) is -2.94. The minimum Gasteiger partial charge on any atom is -0.340 e. The summed E-state index contributed by atoms with van der Waals surface area (Å²) in [5.41, 5.74) is 0.256. The fourth-order valence-electron chi connectivity index (χ4n) is 6.57. The van der Waals surface area contributed by atoms with Gasteiger partial charge in [-0.05, 0) is 62.2 Å². The van der Waals surface area contributed by atoms with E-state index in [1.807, 2.05) is 4.90 Å². The predicted octanol–water partition coefficient (Wildman–Crippen LogP) is 2.95. The molecule has 0 N–H and O–H groups in total. The maximum atomic E-state index is 13.3. The van der Waals surface area contributed by atoms with Gasteiger partial charge in [-0.1, -0.05) is 20.8 Å². The molecule has 5 rings (SSSR count). The Kier molecular flexibility index (Phi) is 5.58. The van der Waals surface area contributed by atoms with Gasteiger partial charge in [0.25, 0.3) is 0 Å². The highest BCUT2D eigenvalue weighted by Crippen LogP contribution is 2.49. The smallest absolute Gasteiger partial charge is 0.225 e. The lowest BCUT2D eigenvalue weighted by atomic mass is 9.72. The van der Waals surface area contributed by atoms with Crippen molar-refractivity contribution in [3.8, 4) is 0 Å². The molecule has 2 bridgehead atoms. The van der Waals surface area contributed by atoms with Crippen LogP contribution in [0.2, 0.25) is 0 Å². The lowest BCUT2D eigenvalue weighted by Gasteiger charge is -2.52. The topological polar surface area (TPSA) is 57.7 Å². The van der Waals surface area contributed by atoms with Gasteiger partial charge in [0, 0.05) is 37.6 Å². The molecule has 0 aromatic carbocycles. The molecule has 6 heteroatoms. The summed E-state index contributed by atoms with van der Waals surface area (Å²) >= 11 is 0. The zero-order valence-corrected chi connectivity index (χ0v) is 18.7. The van der Waals surface area contributed by atoms with E-state index in [0.717, 1.165) is 25.3 Å². The van der Waals surface area contributed by atoms with Crippen molar-refractivity contribution in [2.45, 2.75) is 77.8 Å². The molecule has 1 unspecified atom stereocenters. The van der Waals surface area contributed by atoms with Crippen molar-refractivity contribution < 1.29 is 13.2 Å². The van der Waals surface area contributed by atoms with Gasteiger partial charge in [0.2, 0.25) is 5.91 Å². The van der Waals surface area contributed by atoms with Gasteiger partial charge in [-0.2, -0.15) is 0 Å². The van der Waals surface area contributed by atoms with Crippen molar-refractivity contribution >= 4 is 15.7 Å². The van der Waals surface area contributed by atoms with Crippen molar-refractivity contribution in [1.82, 2.24) is 9.80 Å². The molecule has 5 nitrogen and oxygen atoms in total. The molecule has 0 spiro atoms. The zero-order chi connectivity index (χ0) is 20.1. The van der Waals surface area contributed by atoms with Crippen LogP contribution in [0, 0.1) is 23.2 Å². The Hall–Kier alpha value is -0.620. The molecule has 3 atom stereocenters. The molecule has 3 heterocycles. The number of hydrogen-bond donors (Lipinski definition) is 0. The first-order valence-corrected chi connectivity index (χ1v) is 13.2. The second kappa shape index (κ2) is 7.57. The van der Waals surface area contributed by atoms with Crippen LogP contribution in [0.15, 0.2) is 0 Å². The number of rotatable bonds is 2. The van der Waals surface area contributed by atoms with Crippen LogP contribution < -0.4 is 0 Å². The monoisotopic (exact) mass is 410 g/mol. The number of carbonyl (C=O) groups excluding carboxylic acids is 1. The maximum Gasteiger partial charge on any atom is 0.225 e. The summed E-state index contributed by atoms with van der Waals surface area (Å²) in [6.07, 6.45) is 8.45. The molecule has 0 aromatic rings. The summed E-state index contributed by atoms with van der Waals surface area (Å²) in [5, 5.41) is 0. The lowest BCUT2D eigenvalue weighted by Crippen LogP contribution is -2.56. The van der Waals surface area contributed by atoms with Crippen molar-refractivity contribution in [3.05, 3.63) is 0 Å². The second-order valence-electron chi connectivity index (χ2n) is 10.8. The van der Waals surface area contributed by atoms with Gasteiger partial charge in [0.05, 0.1) is 11.5 Å². The Morgan fingerprint density at radius 1 is 1.00 bits per heavy atom. The summed E-state index contributed by atoms with van der Waals surface area (Å²) < 4.78 is 23.5. The summed E-state index contributed by atoms with van der Waals surface area (Å²) in [4.78, 5) is 17.9. The number of piperidine rings is 1. The van der Waals surface area contributed by atoms with Crippen LogP contribution in [0.3, 0.4) is 0 Å². The van der Waals surface area contributed by atoms with Crippen LogP contribution in [-0.4, -0.2) is 67.3 Å². The molecule has 5 aliphatic rings. The number of carbonyl (C=O) groups is 1. The molecule has 5 fully saturated rings. The molecule has 2 saturated carbocycles. The average molecular weight is 411 g/mol. The fraction of sp³-hybridized carbons (Fsp3) is 0.955. The molecule has 0 aromatic heterocycles. The number of sulfone groups is 1. The first kappa shape index (κ1) is 20.6. The van der Waals surface area contributed by atoms with Crippen LogP contribution >= 0.6 is 0 Å². The first-order valence-electron chi connectivity index (χ1n) is 11.4. The summed E-state index contributed by atoms with van der Waals surface area (Å²) in [6.45, 7) is 9.13. The lowest BCUT2D eigenvalue weighted by molar-refractivity contribution is -0.136. The normalized spacial score (nSPS) is 40.8. The zero-order valence-electron chi connectivity index (χ0n) is 17.9. The van der Waals surface area contributed by atoms with E-state index in [2.05, 4.69) is 25.7 Å². The standard InChI is InChI=1S/C22H38N2O3S/c1-16-4-6-19(7-5-16)24-15-17-12-18(13-20(24)22(2,3)14-17)21(25)23-8-10-28(26,27)11-9-23/h16-20H,4-15H2,1-3H3/t16?,17-,18?,19?,20+/m0/s1. The highest BCUT2D eigenvalue weighted by molar-refractivity contribution is 7.91. The second-order valence-corrected chi connectivity index (χ2v) is 13.1. The van der Waals surface area contributed by atoms with Crippen molar-refractivity contribution in [2.24, 2.45) is 23.2 Å². The molecular weight excluding hydrogens is 372 g/mol. The van der Waals surface area contributed by atoms with E-state index >= 15 is 0 Å². The first-order chi connectivity index (χ1) is 13.1. The van der Waals surface area contributed by atoms with E-state index in [1.165, 1.54) is 32.1 Å². The largest absolute Gasteiger partial charge is 0.340 e. The van der Waals surface area contributed by atoms with Gasteiger partial charge in [-0.25, -0.2) is 8.42 Å². The average Bonchev–Trinajstić information content (AvgIpc) is 2.89. The third-order valence-corrected chi connectivity index (χ3v) is 9.78. The molecule has 28 heavy (non-hydrogen) atoms. The van der Waals surface area contributed by atoms with Crippen molar-refractivity contribution in [1.29, 1.82) is 0 Å². The number of amides is 1. The third-order valence-electron chi connectivity index (χ3n) is 8.17. The van der Waals surface area contributed by atoms with E-state index in [1.54, 1.807) is 0 Å². The summed E-state index contributed by atoms with van der Waals surface area (Å²) in [6, 6.07) is 1.17. The minimum absolute atomic E-state index is 0.0742. The predicted molar refractivity (Wildman–Crippen MR) is 112 cm³/mol. The Balaban J connectivity index is 1.49. The van der Waals surface area contributed by atoms with Gasteiger partial charge in [-0.15, -0.1) is 0 Å². The van der Waals surface area contributed by atoms with Crippen LogP contribution in [0.25, 0.3) is 0 Å². The van der Waals surface area contributed by atoms with Crippen LogP contribution in [0.5, 0.6) is 0 Å². The molecule has 1 amide bonds. The number of nitrogens with zero attached hydrogens (tertiary/aromatic N) is 2. The Morgan fingerprint density at radius 3 is 2.29 bits per heavy atom. The van der Waals surface area contributed by atoms with Gasteiger partial charge >= 0.3 is 0 Å². The summed E-state index contributed by atoms with van der Waals surface area (Å²) in [5.74, 6) is 2.02. The van der Waals surface area contributed by atoms with E-state index in [9.17, 15) is 13.2 Å². The molecule has 3 aliphatic heterocycles. The van der Waals surface area contributed by atoms with Crippen molar-refractivity contribution in [3.63, 3.8) is 0 Å². The highest BCUT2D eigenvalue weighted by Gasteiger charge is 2.50. The van der Waals surface area contributed by atoms with Gasteiger partial charge < -0.3 is 4.90 Å². The van der Waals surface area contributed by atoms with E-state index in [0.29, 0.717) is 31.1 Å². The fourth-order valence-corrected chi connectivity index (χ4v) is 7.77. The number of hydrogen-bond acceptors (Lipinski definition) is 4. The quantitative estimate of drug-likeness (QED) is 0.702. The van der Waals surface area contributed by atoms with Gasteiger partial charge in [-0.3, -0.25) is 9.69 Å². The Bertz CT molecular complexity index is 683. The molecule has 2 aliphatic carbocycles. The molecule has 160 valence electrons. The maximum absolute atomic E-state index is 13.3. The van der Waals surface area contributed by atoms with Crippen LogP contribution in [0.4, 0.5) is 0 Å². The Morgan fingerprint density at radius 2 is 1.64 bits per heavy atom. The van der Waals surface area contributed by atoms with E-state index in [4.69, 9.17) is 0 Å². The van der Waals surface area contributed by atoms with Crippen LogP contribution in [-0.2, 0) is 14.6 Å². The Labute approximate surface area is 171 Å². The highest BCUT2D eigenvalue weighted by atomic mass is 32.2. The van der Waals surface area contributed by atoms with Gasteiger partial charge in [0.15, 0.2) is 9.84 Å². The third kappa shape index (κ3) is 4.14. The van der Waals surface area contributed by atoms with Crippen LogP contribution in [0.1, 0.15) is 65.7 Å². The number of fused-ring (bicyclic) bond motifs is 4. The molecule has 0 radical (unpaired) electrons. The SMILES string of the molecule is CC1CCC(N2C[C@H]3CC(C(=O)N4CCS(=O)(=O)CC4)C[C@@H]2C(C)(C)C3)CC1. The molecule has 3 saturated heterocycles.